The molecular weight excluding hydrogens is 457 g/mol. The van der Waals surface area contributed by atoms with Crippen LogP contribution in [0.2, 0.25) is 0 Å². The fraction of sp³-hybridized carbons (Fsp3) is 0.381. The van der Waals surface area contributed by atoms with Crippen LogP contribution in [0.4, 0.5) is 10.1 Å². The van der Waals surface area contributed by atoms with E-state index in [1.54, 1.807) is 6.92 Å². The summed E-state index contributed by atoms with van der Waals surface area (Å²) in [7, 11) is -2.61. The summed E-state index contributed by atoms with van der Waals surface area (Å²) in [6.07, 6.45) is 0.500. The van der Waals surface area contributed by atoms with Gasteiger partial charge in [-0.05, 0) is 50.1 Å². The molecule has 0 radical (unpaired) electrons. The van der Waals surface area contributed by atoms with Crippen molar-refractivity contribution in [2.75, 3.05) is 32.1 Å². The van der Waals surface area contributed by atoms with Gasteiger partial charge in [-0.1, -0.05) is 0 Å². The average molecular weight is 482 g/mol. The van der Waals surface area contributed by atoms with Gasteiger partial charge in [0, 0.05) is 31.7 Å². The molecule has 1 fully saturated rings. The molecule has 0 spiro atoms. The molecule has 1 saturated heterocycles. The number of carbonyl (C=O) groups is 3. The molecule has 0 atom stereocenters. The van der Waals surface area contributed by atoms with Crippen molar-refractivity contribution in [1.82, 2.24) is 9.62 Å². The predicted octanol–water partition coefficient (Wildman–Crippen LogP) is 1.99. The van der Waals surface area contributed by atoms with Gasteiger partial charge >= 0.3 is 5.97 Å². The standard InChI is InChI=1S/C21H24FN3O7S/c1-3-31-21(28)17-6-7-18(32-17)33(29,30)25-10-8-13(9-11-25)19(26)24-14-4-5-16(22)15(12-14)20(27)23-2/h4-7,12-13H,3,8-11H2,1-2H3,(H,23,27)(H,24,26). The first kappa shape index (κ1) is 24.4. The van der Waals surface area contributed by atoms with Crippen molar-refractivity contribution in [2.45, 2.75) is 24.9 Å². The van der Waals surface area contributed by atoms with Crippen LogP contribution < -0.4 is 10.6 Å². The number of sulfonamides is 1. The third-order valence-corrected chi connectivity index (χ3v) is 6.96. The van der Waals surface area contributed by atoms with Crippen LogP contribution in [0.15, 0.2) is 39.8 Å². The molecule has 2 aromatic rings. The highest BCUT2D eigenvalue weighted by Gasteiger charge is 2.34. The Kier molecular flexibility index (Phi) is 7.49. The maximum atomic E-state index is 13.8. The second kappa shape index (κ2) is 10.1. The van der Waals surface area contributed by atoms with E-state index in [0.717, 1.165) is 6.07 Å². The van der Waals surface area contributed by atoms with E-state index in [4.69, 9.17) is 9.15 Å². The molecule has 3 rings (SSSR count). The van der Waals surface area contributed by atoms with Crippen LogP contribution >= 0.6 is 0 Å². The molecule has 1 aromatic carbocycles. The zero-order chi connectivity index (χ0) is 24.2. The van der Waals surface area contributed by atoms with Gasteiger partial charge in [-0.25, -0.2) is 17.6 Å². The van der Waals surface area contributed by atoms with Crippen LogP contribution in [0.25, 0.3) is 0 Å². The molecule has 0 unspecified atom stereocenters. The van der Waals surface area contributed by atoms with Crippen molar-refractivity contribution in [3.8, 4) is 0 Å². The second-order valence-corrected chi connectivity index (χ2v) is 9.15. The van der Waals surface area contributed by atoms with Crippen molar-refractivity contribution >= 4 is 33.5 Å². The van der Waals surface area contributed by atoms with E-state index in [1.165, 1.54) is 35.6 Å². The number of nitrogens with zero attached hydrogens (tertiary/aromatic N) is 1. The third kappa shape index (κ3) is 5.40. The number of carbonyl (C=O) groups excluding carboxylic acids is 3. The number of ether oxygens (including phenoxy) is 1. The van der Waals surface area contributed by atoms with E-state index in [1.807, 2.05) is 0 Å². The summed E-state index contributed by atoms with van der Waals surface area (Å²) >= 11 is 0. The number of hydrogen-bond acceptors (Lipinski definition) is 7. The van der Waals surface area contributed by atoms with Gasteiger partial charge in [0.25, 0.3) is 15.9 Å². The quantitative estimate of drug-likeness (QED) is 0.578. The Morgan fingerprint density at radius 1 is 1.18 bits per heavy atom. The molecule has 2 heterocycles. The number of anilines is 1. The van der Waals surface area contributed by atoms with Gasteiger partial charge in [0.1, 0.15) is 5.82 Å². The summed E-state index contributed by atoms with van der Waals surface area (Å²) in [5, 5.41) is 4.60. The number of benzene rings is 1. The Bertz CT molecular complexity index is 1150. The molecule has 10 nitrogen and oxygen atoms in total. The third-order valence-electron chi connectivity index (χ3n) is 5.18. The smallest absolute Gasteiger partial charge is 0.374 e. The number of esters is 1. The topological polar surface area (TPSA) is 135 Å². The Hall–Kier alpha value is -3.25. The molecule has 0 saturated carbocycles. The normalized spacial score (nSPS) is 15.1. The first-order chi connectivity index (χ1) is 15.7. The lowest BCUT2D eigenvalue weighted by atomic mass is 9.97. The molecule has 2 N–H and O–H groups in total. The molecule has 0 aliphatic carbocycles. The Morgan fingerprint density at radius 2 is 1.88 bits per heavy atom. The lowest BCUT2D eigenvalue weighted by Gasteiger charge is -2.29. The Morgan fingerprint density at radius 3 is 2.52 bits per heavy atom. The highest BCUT2D eigenvalue weighted by molar-refractivity contribution is 7.89. The van der Waals surface area contributed by atoms with E-state index in [2.05, 4.69) is 10.6 Å². The van der Waals surface area contributed by atoms with Crippen LogP contribution in [0.1, 0.15) is 40.7 Å². The van der Waals surface area contributed by atoms with Crippen LogP contribution in [0, 0.1) is 11.7 Å². The molecule has 1 aliphatic rings. The summed E-state index contributed by atoms with van der Waals surface area (Å²) in [6.45, 7) is 1.89. The van der Waals surface area contributed by atoms with Gasteiger partial charge in [-0.2, -0.15) is 4.31 Å². The number of halogens is 1. The minimum atomic E-state index is -3.98. The van der Waals surface area contributed by atoms with E-state index < -0.39 is 33.6 Å². The molecule has 0 bridgehead atoms. The Labute approximate surface area is 190 Å². The summed E-state index contributed by atoms with van der Waals surface area (Å²) < 4.78 is 50.6. The fourth-order valence-electron chi connectivity index (χ4n) is 3.41. The lowest BCUT2D eigenvalue weighted by Crippen LogP contribution is -2.41. The highest BCUT2D eigenvalue weighted by Crippen LogP contribution is 2.26. The van der Waals surface area contributed by atoms with Crippen LogP contribution in [0.3, 0.4) is 0 Å². The first-order valence-corrected chi connectivity index (χ1v) is 11.7. The van der Waals surface area contributed by atoms with E-state index in [-0.39, 0.29) is 60.5 Å². The molecule has 33 heavy (non-hydrogen) atoms. The number of amides is 2. The number of furan rings is 1. The summed E-state index contributed by atoms with van der Waals surface area (Å²) in [5.41, 5.74) is 0.0639. The molecule has 1 aliphatic heterocycles. The van der Waals surface area contributed by atoms with Crippen molar-refractivity contribution in [1.29, 1.82) is 0 Å². The molecule has 1 aromatic heterocycles. The first-order valence-electron chi connectivity index (χ1n) is 10.3. The zero-order valence-electron chi connectivity index (χ0n) is 18.1. The second-order valence-electron chi connectivity index (χ2n) is 7.28. The maximum absolute atomic E-state index is 13.8. The number of rotatable bonds is 7. The van der Waals surface area contributed by atoms with Gasteiger partial charge in [0.2, 0.25) is 16.8 Å². The molecule has 178 valence electrons. The van der Waals surface area contributed by atoms with Crippen molar-refractivity contribution in [2.24, 2.45) is 5.92 Å². The largest absolute Gasteiger partial charge is 0.460 e. The SMILES string of the molecule is CCOC(=O)c1ccc(S(=O)(=O)N2CCC(C(=O)Nc3ccc(F)c(C(=O)NC)c3)CC2)o1. The van der Waals surface area contributed by atoms with E-state index in [9.17, 15) is 27.2 Å². The van der Waals surface area contributed by atoms with E-state index >= 15 is 0 Å². The zero-order valence-corrected chi connectivity index (χ0v) is 18.9. The van der Waals surface area contributed by atoms with Crippen molar-refractivity contribution < 1.29 is 36.3 Å². The van der Waals surface area contributed by atoms with Crippen LogP contribution in [-0.2, 0) is 19.6 Å². The van der Waals surface area contributed by atoms with Gasteiger partial charge in [-0.15, -0.1) is 0 Å². The van der Waals surface area contributed by atoms with Crippen LogP contribution in [0.5, 0.6) is 0 Å². The molecular formula is C21H24FN3O7S. The average Bonchev–Trinajstić information content (AvgIpc) is 3.31. The minimum Gasteiger partial charge on any atom is -0.460 e. The maximum Gasteiger partial charge on any atom is 0.374 e. The summed E-state index contributed by atoms with van der Waals surface area (Å²) in [5.74, 6) is -3.13. The summed E-state index contributed by atoms with van der Waals surface area (Å²) in [4.78, 5) is 36.1. The van der Waals surface area contributed by atoms with Gasteiger partial charge in [-0.3, -0.25) is 9.59 Å². The van der Waals surface area contributed by atoms with Gasteiger partial charge in [0.15, 0.2) is 0 Å². The number of nitrogens with one attached hydrogen (secondary N) is 2. The molecule has 2 amide bonds. The minimum absolute atomic E-state index is 0.0722. The lowest BCUT2D eigenvalue weighted by molar-refractivity contribution is -0.120. The number of hydrogen-bond donors (Lipinski definition) is 2. The Balaban J connectivity index is 1.62. The monoisotopic (exact) mass is 481 g/mol. The van der Waals surface area contributed by atoms with E-state index in [0.29, 0.717) is 0 Å². The van der Waals surface area contributed by atoms with Gasteiger partial charge in [0.05, 0.1) is 12.2 Å². The van der Waals surface area contributed by atoms with Crippen LogP contribution in [-0.4, -0.2) is 57.3 Å². The number of piperidine rings is 1. The predicted molar refractivity (Wildman–Crippen MR) is 115 cm³/mol. The highest BCUT2D eigenvalue weighted by atomic mass is 32.2. The van der Waals surface area contributed by atoms with Crippen molar-refractivity contribution in [3.05, 3.63) is 47.5 Å². The summed E-state index contributed by atoms with van der Waals surface area (Å²) in [6, 6.07) is 6.10. The van der Waals surface area contributed by atoms with Crippen molar-refractivity contribution in [3.63, 3.8) is 0 Å². The fourth-order valence-corrected chi connectivity index (χ4v) is 4.79. The van der Waals surface area contributed by atoms with Gasteiger partial charge < -0.3 is 19.8 Å². The molecule has 12 heteroatoms.